The van der Waals surface area contributed by atoms with Gasteiger partial charge in [-0.05, 0) is 6.42 Å². The van der Waals surface area contributed by atoms with E-state index < -0.39 is 7.82 Å². The van der Waals surface area contributed by atoms with Gasteiger partial charge in [-0.2, -0.15) is 0 Å². The van der Waals surface area contributed by atoms with Crippen molar-refractivity contribution < 1.29 is 34.6 Å². The minimum Gasteiger partial charge on any atom is -0.396 e. The quantitative estimate of drug-likeness (QED) is 0.301. The summed E-state index contributed by atoms with van der Waals surface area (Å²) in [6.07, 6.45) is 0.479. The molecule has 6 N–H and O–H groups in total. The maximum absolute atomic E-state index is 8.88. The molecule has 0 saturated carbocycles. The summed E-state index contributed by atoms with van der Waals surface area (Å²) in [5.41, 5.74) is 0. The van der Waals surface area contributed by atoms with Crippen molar-refractivity contribution in [2.75, 3.05) is 19.8 Å². The first-order chi connectivity index (χ1) is 5.85. The molecule has 0 aliphatic heterocycles. The van der Waals surface area contributed by atoms with Crippen molar-refractivity contribution in [2.24, 2.45) is 5.92 Å². The lowest BCUT2D eigenvalue weighted by molar-refractivity contribution is 0.124. The first-order valence-corrected chi connectivity index (χ1v) is 5.02. The highest BCUT2D eigenvalue weighted by atomic mass is 31.2. The summed E-state index contributed by atoms with van der Waals surface area (Å²) in [5, 5.41) is 25.0. The summed E-state index contributed by atoms with van der Waals surface area (Å²) >= 11 is 0. The van der Waals surface area contributed by atoms with E-state index in [2.05, 4.69) is 0 Å². The van der Waals surface area contributed by atoms with Crippen LogP contribution in [0.5, 0.6) is 0 Å². The molecule has 0 amide bonds. The Morgan fingerprint density at radius 1 is 1.00 bits per heavy atom. The molecule has 0 fully saturated rings. The van der Waals surface area contributed by atoms with E-state index in [0.717, 1.165) is 0 Å². The molecule has 0 aromatic carbocycles. The van der Waals surface area contributed by atoms with Crippen molar-refractivity contribution in [1.82, 2.24) is 0 Å². The Kier molecular flexibility index (Phi) is 10.2. The van der Waals surface area contributed by atoms with E-state index >= 15 is 0 Å². The van der Waals surface area contributed by atoms with E-state index in [4.69, 9.17) is 34.6 Å². The van der Waals surface area contributed by atoms with Crippen LogP contribution in [0.15, 0.2) is 0 Å². The van der Waals surface area contributed by atoms with Gasteiger partial charge in [0, 0.05) is 25.7 Å². The third-order valence-electron chi connectivity index (χ3n) is 1.05. The predicted octanol–water partition coefficient (Wildman–Crippen LogP) is -1.96. The van der Waals surface area contributed by atoms with E-state index in [1.807, 2.05) is 0 Å². The van der Waals surface area contributed by atoms with Gasteiger partial charge in [0.2, 0.25) is 0 Å². The molecule has 0 heterocycles. The number of hydrogen-bond donors (Lipinski definition) is 6. The molecule has 0 atom stereocenters. The molecule has 13 heavy (non-hydrogen) atoms. The van der Waals surface area contributed by atoms with Crippen LogP contribution in [0.25, 0.3) is 0 Å². The van der Waals surface area contributed by atoms with Crippen molar-refractivity contribution in [3.8, 4) is 0 Å². The first kappa shape index (κ1) is 15.5. The molecule has 7 nitrogen and oxygen atoms in total. The highest BCUT2D eigenvalue weighted by molar-refractivity contribution is 7.45. The minimum absolute atomic E-state index is 0.0335. The Balaban J connectivity index is 0. The second-order valence-corrected chi connectivity index (χ2v) is 3.28. The van der Waals surface area contributed by atoms with E-state index in [9.17, 15) is 0 Å². The van der Waals surface area contributed by atoms with Crippen LogP contribution in [0.2, 0.25) is 0 Å². The van der Waals surface area contributed by atoms with Crippen LogP contribution in [0.3, 0.4) is 0 Å². The summed E-state index contributed by atoms with van der Waals surface area (Å²) in [4.78, 5) is 21.6. The monoisotopic (exact) mass is 218 g/mol. The Labute approximate surface area is 75.5 Å². The van der Waals surface area contributed by atoms with E-state index in [1.165, 1.54) is 0 Å². The molecular formula is C5H15O7P. The SMILES string of the molecule is O=P(O)(O)O.OCCC(CO)CO. The van der Waals surface area contributed by atoms with Crippen molar-refractivity contribution in [1.29, 1.82) is 0 Å². The average Bonchev–Trinajstić information content (AvgIpc) is 1.97. The molecule has 0 aliphatic carbocycles. The van der Waals surface area contributed by atoms with E-state index in [0.29, 0.717) is 6.42 Å². The first-order valence-electron chi connectivity index (χ1n) is 3.46. The molecule has 0 aromatic rings. The van der Waals surface area contributed by atoms with E-state index in [-0.39, 0.29) is 25.7 Å². The van der Waals surface area contributed by atoms with E-state index in [1.54, 1.807) is 0 Å². The molecule has 0 spiro atoms. The molecule has 0 aliphatic rings. The fourth-order valence-electron chi connectivity index (χ4n) is 0.423. The minimum atomic E-state index is -4.64. The lowest BCUT2D eigenvalue weighted by Crippen LogP contribution is -2.12. The zero-order valence-electron chi connectivity index (χ0n) is 6.94. The van der Waals surface area contributed by atoms with Crippen molar-refractivity contribution >= 4 is 7.82 Å². The molecule has 0 aromatic heterocycles. The number of phosphoric acid groups is 1. The Hall–Kier alpha value is -0.0100. The number of aliphatic hydroxyl groups excluding tert-OH is 3. The number of hydrogen-bond acceptors (Lipinski definition) is 4. The van der Waals surface area contributed by atoms with Gasteiger partial charge in [0.1, 0.15) is 0 Å². The Bertz CT molecular complexity index is 132. The van der Waals surface area contributed by atoms with Crippen LogP contribution in [0.1, 0.15) is 6.42 Å². The number of aliphatic hydroxyl groups is 3. The van der Waals surface area contributed by atoms with Crippen LogP contribution >= 0.6 is 7.82 Å². The fourth-order valence-corrected chi connectivity index (χ4v) is 0.423. The van der Waals surface area contributed by atoms with Gasteiger partial charge in [0.05, 0.1) is 0 Å². The summed E-state index contributed by atoms with van der Waals surface area (Å²) in [6.45, 7) is -0.0556. The largest absolute Gasteiger partial charge is 0.466 e. The average molecular weight is 218 g/mol. The molecule has 0 radical (unpaired) electrons. The van der Waals surface area contributed by atoms with Crippen molar-refractivity contribution in [3.05, 3.63) is 0 Å². The topological polar surface area (TPSA) is 138 Å². The van der Waals surface area contributed by atoms with Gasteiger partial charge in [-0.25, -0.2) is 4.57 Å². The van der Waals surface area contributed by atoms with Crippen LogP contribution in [0, 0.1) is 5.92 Å². The zero-order valence-corrected chi connectivity index (χ0v) is 7.84. The third kappa shape index (κ3) is 24.5. The molecule has 8 heteroatoms. The van der Waals surface area contributed by atoms with Crippen molar-refractivity contribution in [3.63, 3.8) is 0 Å². The molecule has 0 unspecified atom stereocenters. The molecule has 0 saturated heterocycles. The summed E-state index contributed by atoms with van der Waals surface area (Å²) in [7, 11) is -4.64. The maximum atomic E-state index is 8.88. The van der Waals surface area contributed by atoms with Crippen LogP contribution in [-0.4, -0.2) is 49.8 Å². The second-order valence-electron chi connectivity index (χ2n) is 2.26. The van der Waals surface area contributed by atoms with Crippen LogP contribution < -0.4 is 0 Å². The van der Waals surface area contributed by atoms with Gasteiger partial charge < -0.3 is 30.0 Å². The van der Waals surface area contributed by atoms with Gasteiger partial charge in [-0.15, -0.1) is 0 Å². The van der Waals surface area contributed by atoms with Gasteiger partial charge in [-0.1, -0.05) is 0 Å². The summed E-state index contributed by atoms with van der Waals surface area (Å²) in [6, 6.07) is 0. The lowest BCUT2D eigenvalue weighted by Gasteiger charge is -2.06. The Morgan fingerprint density at radius 2 is 1.31 bits per heavy atom. The summed E-state index contributed by atoms with van der Waals surface area (Å²) < 4.78 is 8.88. The Morgan fingerprint density at radius 3 is 1.38 bits per heavy atom. The number of rotatable bonds is 4. The highest BCUT2D eigenvalue weighted by Gasteiger charge is 2.02. The van der Waals surface area contributed by atoms with Crippen molar-refractivity contribution in [2.45, 2.75) is 6.42 Å². The van der Waals surface area contributed by atoms with Gasteiger partial charge in [0.25, 0.3) is 0 Å². The highest BCUT2D eigenvalue weighted by Crippen LogP contribution is 2.25. The van der Waals surface area contributed by atoms with Crippen LogP contribution in [0.4, 0.5) is 0 Å². The van der Waals surface area contributed by atoms with Crippen LogP contribution in [-0.2, 0) is 4.57 Å². The van der Waals surface area contributed by atoms with Gasteiger partial charge in [0.15, 0.2) is 0 Å². The smallest absolute Gasteiger partial charge is 0.396 e. The zero-order chi connectivity index (χ0) is 10.9. The molecule has 0 bridgehead atoms. The fraction of sp³-hybridized carbons (Fsp3) is 1.00. The lowest BCUT2D eigenvalue weighted by atomic mass is 10.1. The van der Waals surface area contributed by atoms with Gasteiger partial charge in [-0.3, -0.25) is 0 Å². The van der Waals surface area contributed by atoms with Gasteiger partial charge >= 0.3 is 7.82 Å². The molecular weight excluding hydrogens is 203 g/mol. The molecule has 0 rings (SSSR count). The maximum Gasteiger partial charge on any atom is 0.466 e. The standard InChI is InChI=1S/C5H12O3.H3O4P/c6-2-1-5(3-7)4-8;1-5(2,3)4/h5-8H,1-4H2;(H3,1,2,3,4). The summed E-state index contributed by atoms with van der Waals surface area (Å²) in [5.74, 6) is -0.139. The predicted molar refractivity (Wildman–Crippen MR) is 43.6 cm³/mol. The second kappa shape index (κ2) is 8.58. The molecule has 82 valence electrons. The third-order valence-corrected chi connectivity index (χ3v) is 1.05. The normalized spacial score (nSPS) is 11.0.